The normalized spacial score (nSPS) is 41.2. The summed E-state index contributed by atoms with van der Waals surface area (Å²) in [6.45, 7) is 7.19. The maximum atomic E-state index is 6.44. The fraction of sp³-hybridized carbons (Fsp3) is 1.00. The van der Waals surface area contributed by atoms with Crippen LogP contribution in [0.25, 0.3) is 0 Å². The van der Waals surface area contributed by atoms with Crippen LogP contribution in [0, 0.1) is 29.6 Å². The van der Waals surface area contributed by atoms with Crippen LogP contribution >= 0.6 is 0 Å². The fourth-order valence-electron chi connectivity index (χ4n) is 3.30. The van der Waals surface area contributed by atoms with Gasteiger partial charge in [-0.25, -0.2) is 0 Å². The van der Waals surface area contributed by atoms with Gasteiger partial charge in [0, 0.05) is 6.04 Å². The first-order valence-corrected chi connectivity index (χ1v) is 6.85. The number of nitrogens with two attached hydrogens (primary N) is 1. The summed E-state index contributed by atoms with van der Waals surface area (Å²) in [5.74, 6) is 4.36. The minimum atomic E-state index is 0.479. The quantitative estimate of drug-likeness (QED) is 0.757. The number of rotatable bonds is 3. The first-order valence-electron chi connectivity index (χ1n) is 6.85. The van der Waals surface area contributed by atoms with Gasteiger partial charge in [0.05, 0.1) is 0 Å². The number of hydrogen-bond donors (Lipinski definition) is 1. The molecule has 88 valence electrons. The Balaban J connectivity index is 1.87. The molecular formula is C14H27N. The molecule has 2 aliphatic rings. The predicted molar refractivity (Wildman–Crippen MR) is 65.5 cm³/mol. The van der Waals surface area contributed by atoms with Gasteiger partial charge in [0.2, 0.25) is 0 Å². The van der Waals surface area contributed by atoms with Gasteiger partial charge in [-0.15, -0.1) is 0 Å². The van der Waals surface area contributed by atoms with Gasteiger partial charge in [-0.2, -0.15) is 0 Å². The van der Waals surface area contributed by atoms with Crippen LogP contribution < -0.4 is 5.73 Å². The summed E-state index contributed by atoms with van der Waals surface area (Å²) in [6.07, 6.45) is 7.03. The van der Waals surface area contributed by atoms with Gasteiger partial charge >= 0.3 is 0 Å². The average Bonchev–Trinajstić information content (AvgIpc) is 3.03. The van der Waals surface area contributed by atoms with E-state index in [-0.39, 0.29) is 0 Å². The molecule has 1 heteroatoms. The van der Waals surface area contributed by atoms with Crippen LogP contribution in [0.1, 0.15) is 52.9 Å². The molecule has 2 N–H and O–H groups in total. The Morgan fingerprint density at radius 1 is 0.933 bits per heavy atom. The summed E-state index contributed by atoms with van der Waals surface area (Å²) in [7, 11) is 0. The van der Waals surface area contributed by atoms with E-state index in [1.807, 2.05) is 0 Å². The van der Waals surface area contributed by atoms with Gasteiger partial charge in [-0.1, -0.05) is 27.2 Å². The van der Waals surface area contributed by atoms with Crippen molar-refractivity contribution >= 4 is 0 Å². The lowest BCUT2D eigenvalue weighted by molar-refractivity contribution is 0.158. The second-order valence-corrected chi connectivity index (χ2v) is 6.30. The lowest BCUT2D eigenvalue weighted by Gasteiger charge is -2.37. The van der Waals surface area contributed by atoms with Crippen molar-refractivity contribution in [3.05, 3.63) is 0 Å². The SMILES string of the molecule is CC1CCC(C(N)C(C)C2CC2)CC1C. The molecule has 0 aromatic carbocycles. The summed E-state index contributed by atoms with van der Waals surface area (Å²) in [6, 6.07) is 0.479. The largest absolute Gasteiger partial charge is 0.327 e. The standard InChI is InChI=1S/C14H27N/c1-9-4-5-13(8-10(9)2)14(15)11(3)12-6-7-12/h9-14H,4-8,15H2,1-3H3. The summed E-state index contributed by atoms with van der Waals surface area (Å²) < 4.78 is 0. The first kappa shape index (κ1) is 11.4. The molecule has 5 atom stereocenters. The van der Waals surface area contributed by atoms with Gasteiger partial charge in [0.25, 0.3) is 0 Å². The van der Waals surface area contributed by atoms with Crippen molar-refractivity contribution in [2.45, 2.75) is 58.9 Å². The Kier molecular flexibility index (Phi) is 3.39. The Morgan fingerprint density at radius 2 is 1.53 bits per heavy atom. The monoisotopic (exact) mass is 209 g/mol. The molecule has 15 heavy (non-hydrogen) atoms. The molecule has 0 saturated heterocycles. The van der Waals surface area contributed by atoms with E-state index in [1.54, 1.807) is 0 Å². The zero-order chi connectivity index (χ0) is 11.0. The van der Waals surface area contributed by atoms with Crippen LogP contribution in [0.15, 0.2) is 0 Å². The molecule has 2 aliphatic carbocycles. The third kappa shape index (κ3) is 2.55. The molecule has 0 amide bonds. The van der Waals surface area contributed by atoms with E-state index in [9.17, 15) is 0 Å². The van der Waals surface area contributed by atoms with Gasteiger partial charge in [0.15, 0.2) is 0 Å². The molecule has 2 rings (SSSR count). The van der Waals surface area contributed by atoms with Crippen molar-refractivity contribution < 1.29 is 0 Å². The van der Waals surface area contributed by atoms with Crippen molar-refractivity contribution in [3.8, 4) is 0 Å². The lowest BCUT2D eigenvalue weighted by Crippen LogP contribution is -2.40. The molecule has 5 unspecified atom stereocenters. The third-order valence-corrected chi connectivity index (χ3v) is 5.16. The molecule has 0 radical (unpaired) electrons. The van der Waals surface area contributed by atoms with Crippen LogP contribution in [0.5, 0.6) is 0 Å². The Bertz CT molecular complexity index is 209. The van der Waals surface area contributed by atoms with E-state index in [4.69, 9.17) is 5.73 Å². The van der Waals surface area contributed by atoms with Gasteiger partial charge in [-0.05, 0) is 55.3 Å². The molecule has 0 spiro atoms. The van der Waals surface area contributed by atoms with Crippen molar-refractivity contribution in [2.24, 2.45) is 35.3 Å². The minimum Gasteiger partial charge on any atom is -0.327 e. The number of hydrogen-bond acceptors (Lipinski definition) is 1. The highest BCUT2D eigenvalue weighted by Gasteiger charge is 2.37. The molecule has 0 heterocycles. The lowest BCUT2D eigenvalue weighted by atomic mass is 9.71. The Hall–Kier alpha value is -0.0400. The molecule has 0 aromatic heterocycles. The molecule has 0 bridgehead atoms. The zero-order valence-corrected chi connectivity index (χ0v) is 10.6. The average molecular weight is 209 g/mol. The second kappa shape index (κ2) is 4.45. The van der Waals surface area contributed by atoms with Gasteiger partial charge in [0.1, 0.15) is 0 Å². The van der Waals surface area contributed by atoms with Gasteiger partial charge in [-0.3, -0.25) is 0 Å². The summed E-state index contributed by atoms with van der Waals surface area (Å²) >= 11 is 0. The third-order valence-electron chi connectivity index (χ3n) is 5.16. The van der Waals surface area contributed by atoms with E-state index in [1.165, 1.54) is 32.1 Å². The molecule has 0 aromatic rings. The van der Waals surface area contributed by atoms with Crippen molar-refractivity contribution in [3.63, 3.8) is 0 Å². The van der Waals surface area contributed by atoms with Crippen molar-refractivity contribution in [2.75, 3.05) is 0 Å². The topological polar surface area (TPSA) is 26.0 Å². The highest BCUT2D eigenvalue weighted by Crippen LogP contribution is 2.42. The Labute approximate surface area is 94.8 Å². The zero-order valence-electron chi connectivity index (χ0n) is 10.6. The van der Waals surface area contributed by atoms with E-state index in [0.29, 0.717) is 6.04 Å². The van der Waals surface area contributed by atoms with Crippen LogP contribution in [-0.4, -0.2) is 6.04 Å². The van der Waals surface area contributed by atoms with E-state index < -0.39 is 0 Å². The van der Waals surface area contributed by atoms with E-state index in [0.717, 1.165) is 29.6 Å². The maximum absolute atomic E-state index is 6.44. The summed E-state index contributed by atoms with van der Waals surface area (Å²) in [5.41, 5.74) is 6.44. The predicted octanol–water partition coefficient (Wildman–Crippen LogP) is 3.43. The first-order chi connectivity index (χ1) is 7.09. The second-order valence-electron chi connectivity index (χ2n) is 6.30. The minimum absolute atomic E-state index is 0.479. The van der Waals surface area contributed by atoms with E-state index in [2.05, 4.69) is 20.8 Å². The van der Waals surface area contributed by atoms with Crippen LogP contribution in [0.4, 0.5) is 0 Å². The molecule has 0 aliphatic heterocycles. The van der Waals surface area contributed by atoms with Crippen LogP contribution in [-0.2, 0) is 0 Å². The highest BCUT2D eigenvalue weighted by atomic mass is 14.7. The van der Waals surface area contributed by atoms with Crippen LogP contribution in [0.2, 0.25) is 0 Å². The summed E-state index contributed by atoms with van der Waals surface area (Å²) in [4.78, 5) is 0. The molecular weight excluding hydrogens is 182 g/mol. The van der Waals surface area contributed by atoms with Gasteiger partial charge < -0.3 is 5.73 Å². The van der Waals surface area contributed by atoms with E-state index >= 15 is 0 Å². The maximum Gasteiger partial charge on any atom is 0.00957 e. The molecule has 2 saturated carbocycles. The van der Waals surface area contributed by atoms with Crippen molar-refractivity contribution in [1.29, 1.82) is 0 Å². The van der Waals surface area contributed by atoms with Crippen LogP contribution in [0.3, 0.4) is 0 Å². The fourth-order valence-corrected chi connectivity index (χ4v) is 3.30. The smallest absolute Gasteiger partial charge is 0.00957 e. The summed E-state index contributed by atoms with van der Waals surface area (Å²) in [5, 5.41) is 0. The molecule has 2 fully saturated rings. The van der Waals surface area contributed by atoms with Crippen molar-refractivity contribution in [1.82, 2.24) is 0 Å². The Morgan fingerprint density at radius 3 is 2.07 bits per heavy atom. The highest BCUT2D eigenvalue weighted by molar-refractivity contribution is 4.90. The molecule has 1 nitrogen and oxygen atoms in total.